The number of methoxy groups -OCH3 is 1. The average Bonchev–Trinajstić information content (AvgIpc) is 3.21. The van der Waals surface area contributed by atoms with Crippen molar-refractivity contribution in [3.63, 3.8) is 0 Å². The van der Waals surface area contributed by atoms with Crippen molar-refractivity contribution < 1.29 is 14.3 Å². The number of aromatic nitrogens is 1. The quantitative estimate of drug-likeness (QED) is 0.525. The molecule has 31 heavy (non-hydrogen) atoms. The topological polar surface area (TPSA) is 71.5 Å². The summed E-state index contributed by atoms with van der Waals surface area (Å²) in [5.74, 6) is 0.474. The maximum absolute atomic E-state index is 12.3. The molecule has 0 saturated carbocycles. The van der Waals surface area contributed by atoms with Gasteiger partial charge in [0.15, 0.2) is 5.13 Å². The largest absolute Gasteiger partial charge is 0.497 e. The summed E-state index contributed by atoms with van der Waals surface area (Å²) < 4.78 is 5.24. The first-order valence-corrected chi connectivity index (χ1v) is 10.8. The van der Waals surface area contributed by atoms with Crippen LogP contribution in [-0.4, -0.2) is 29.9 Å². The van der Waals surface area contributed by atoms with Crippen molar-refractivity contribution in [2.75, 3.05) is 12.0 Å². The Labute approximate surface area is 186 Å². The smallest absolute Gasteiger partial charge is 0.244 e. The van der Waals surface area contributed by atoms with Crippen LogP contribution in [0, 0.1) is 0 Å². The zero-order valence-corrected chi connectivity index (χ0v) is 18.6. The van der Waals surface area contributed by atoms with Crippen LogP contribution in [0.3, 0.4) is 0 Å². The van der Waals surface area contributed by atoms with E-state index in [0.717, 1.165) is 17.0 Å². The predicted octanol–water partition coefficient (Wildman–Crippen LogP) is 4.60. The van der Waals surface area contributed by atoms with E-state index in [4.69, 9.17) is 4.74 Å². The van der Waals surface area contributed by atoms with Crippen LogP contribution in [0.1, 0.15) is 25.1 Å². The van der Waals surface area contributed by atoms with Crippen LogP contribution in [0.2, 0.25) is 0 Å². The number of thiazole rings is 1. The Morgan fingerprint density at radius 1 is 1.19 bits per heavy atom. The van der Waals surface area contributed by atoms with Crippen molar-refractivity contribution in [3.05, 3.63) is 77.3 Å². The molecule has 160 valence electrons. The molecule has 0 fully saturated rings. The van der Waals surface area contributed by atoms with Crippen molar-refractivity contribution in [1.29, 1.82) is 0 Å². The number of anilines is 2. The van der Waals surface area contributed by atoms with E-state index in [9.17, 15) is 9.59 Å². The van der Waals surface area contributed by atoms with E-state index < -0.39 is 0 Å². The van der Waals surface area contributed by atoms with Gasteiger partial charge in [-0.3, -0.25) is 14.5 Å². The number of nitrogens with one attached hydrogen (secondary N) is 1. The van der Waals surface area contributed by atoms with E-state index in [1.54, 1.807) is 18.1 Å². The number of carbonyl (C=O) groups is 2. The van der Waals surface area contributed by atoms with Crippen LogP contribution < -0.4 is 15.0 Å². The molecule has 1 aromatic heterocycles. The standard InChI is InChI=1S/C24H25N3O3S/c1-17(14-19-8-7-11-22(15-19)30-3)25-23(29)13-12-20-16-31-24(26-20)27(18(2)28)21-9-5-4-6-10-21/h4-13,15-17H,14H2,1-3H3,(H,25,29). The van der Waals surface area contributed by atoms with E-state index in [-0.39, 0.29) is 17.9 Å². The van der Waals surface area contributed by atoms with E-state index >= 15 is 0 Å². The number of hydrogen-bond donors (Lipinski definition) is 1. The van der Waals surface area contributed by atoms with Crippen molar-refractivity contribution in [3.8, 4) is 5.75 Å². The SMILES string of the molecule is COc1cccc(CC(C)NC(=O)C=Cc2csc(N(C(C)=O)c3ccccc3)n2)c1. The van der Waals surface area contributed by atoms with Gasteiger partial charge in [0.1, 0.15) is 5.75 Å². The van der Waals surface area contributed by atoms with Gasteiger partial charge in [-0.15, -0.1) is 11.3 Å². The van der Waals surface area contributed by atoms with Gasteiger partial charge in [0.25, 0.3) is 0 Å². The molecule has 0 aliphatic carbocycles. The number of amides is 2. The fourth-order valence-electron chi connectivity index (χ4n) is 3.12. The van der Waals surface area contributed by atoms with Crippen LogP contribution in [0.25, 0.3) is 6.08 Å². The lowest BCUT2D eigenvalue weighted by molar-refractivity contribution is -0.117. The van der Waals surface area contributed by atoms with Gasteiger partial charge in [-0.05, 0) is 49.2 Å². The zero-order valence-electron chi connectivity index (χ0n) is 17.7. The molecule has 1 N–H and O–H groups in total. The van der Waals surface area contributed by atoms with E-state index in [1.807, 2.05) is 66.9 Å². The minimum absolute atomic E-state index is 0.0402. The maximum Gasteiger partial charge on any atom is 0.244 e. The zero-order chi connectivity index (χ0) is 22.2. The number of para-hydroxylation sites is 1. The molecule has 6 nitrogen and oxygen atoms in total. The number of benzene rings is 2. The Kier molecular flexibility index (Phi) is 7.56. The van der Waals surface area contributed by atoms with Crippen molar-refractivity contribution >= 4 is 40.0 Å². The minimum Gasteiger partial charge on any atom is -0.497 e. The number of ether oxygens (including phenoxy) is 1. The molecule has 0 spiro atoms. The Hall–Kier alpha value is -3.45. The molecule has 0 saturated heterocycles. The van der Waals surface area contributed by atoms with Gasteiger partial charge in [0, 0.05) is 24.4 Å². The third-order valence-electron chi connectivity index (χ3n) is 4.50. The summed E-state index contributed by atoms with van der Waals surface area (Å²) in [6.07, 6.45) is 3.81. The van der Waals surface area contributed by atoms with Gasteiger partial charge in [0.05, 0.1) is 18.5 Å². The molecule has 2 amide bonds. The molecule has 2 aromatic carbocycles. The molecule has 1 unspecified atom stereocenters. The normalized spacial score (nSPS) is 11.8. The molecule has 0 aliphatic heterocycles. The minimum atomic E-state index is -0.198. The summed E-state index contributed by atoms with van der Waals surface area (Å²) in [5.41, 5.74) is 2.47. The lowest BCUT2D eigenvalue weighted by atomic mass is 10.1. The number of nitrogens with zero attached hydrogens (tertiary/aromatic N) is 2. The molecule has 3 rings (SSSR count). The van der Waals surface area contributed by atoms with Crippen molar-refractivity contribution in [2.24, 2.45) is 0 Å². The fourth-order valence-corrected chi connectivity index (χ4v) is 3.97. The van der Waals surface area contributed by atoms with Gasteiger partial charge in [0.2, 0.25) is 11.8 Å². The van der Waals surface area contributed by atoms with Gasteiger partial charge >= 0.3 is 0 Å². The highest BCUT2D eigenvalue weighted by Crippen LogP contribution is 2.29. The molecule has 3 aromatic rings. The monoisotopic (exact) mass is 435 g/mol. The number of hydrogen-bond acceptors (Lipinski definition) is 5. The van der Waals surface area contributed by atoms with Gasteiger partial charge < -0.3 is 10.1 Å². The highest BCUT2D eigenvalue weighted by molar-refractivity contribution is 7.14. The molecule has 1 heterocycles. The van der Waals surface area contributed by atoms with Crippen LogP contribution in [0.15, 0.2) is 66.1 Å². The molecule has 7 heteroatoms. The Morgan fingerprint density at radius 3 is 2.68 bits per heavy atom. The van der Waals surface area contributed by atoms with Gasteiger partial charge in [-0.25, -0.2) is 4.98 Å². The maximum atomic E-state index is 12.3. The fraction of sp³-hybridized carbons (Fsp3) is 0.208. The summed E-state index contributed by atoms with van der Waals surface area (Å²) in [5, 5.41) is 5.33. The van der Waals surface area contributed by atoms with Gasteiger partial charge in [-0.2, -0.15) is 0 Å². The molecular weight excluding hydrogens is 410 g/mol. The van der Waals surface area contributed by atoms with Crippen LogP contribution in [0.5, 0.6) is 5.75 Å². The molecule has 0 bridgehead atoms. The Morgan fingerprint density at radius 2 is 1.97 bits per heavy atom. The average molecular weight is 436 g/mol. The van der Waals surface area contributed by atoms with Crippen molar-refractivity contribution in [2.45, 2.75) is 26.3 Å². The van der Waals surface area contributed by atoms with E-state index in [1.165, 1.54) is 24.3 Å². The lowest BCUT2D eigenvalue weighted by Gasteiger charge is -2.17. The van der Waals surface area contributed by atoms with Crippen molar-refractivity contribution in [1.82, 2.24) is 10.3 Å². The summed E-state index contributed by atoms with van der Waals surface area (Å²) in [6.45, 7) is 3.46. The highest BCUT2D eigenvalue weighted by atomic mass is 32.1. The Balaban J connectivity index is 1.61. The Bertz CT molecular complexity index is 1060. The summed E-state index contributed by atoms with van der Waals surface area (Å²) in [4.78, 5) is 30.5. The second-order valence-electron chi connectivity index (χ2n) is 7.04. The highest BCUT2D eigenvalue weighted by Gasteiger charge is 2.17. The third-order valence-corrected chi connectivity index (χ3v) is 5.34. The molecule has 1 atom stereocenters. The van der Waals surface area contributed by atoms with Crippen LogP contribution in [-0.2, 0) is 16.0 Å². The molecule has 0 aliphatic rings. The number of carbonyl (C=O) groups excluding carboxylic acids is 2. The summed E-state index contributed by atoms with van der Waals surface area (Å²) in [7, 11) is 1.63. The summed E-state index contributed by atoms with van der Waals surface area (Å²) >= 11 is 1.35. The molecule has 0 radical (unpaired) electrons. The molecular formula is C24H25N3O3S. The lowest BCUT2D eigenvalue weighted by Crippen LogP contribution is -2.32. The van der Waals surface area contributed by atoms with Crippen LogP contribution in [0.4, 0.5) is 10.8 Å². The first kappa shape index (κ1) is 22.2. The van der Waals surface area contributed by atoms with E-state index in [2.05, 4.69) is 10.3 Å². The van der Waals surface area contributed by atoms with Crippen LogP contribution >= 0.6 is 11.3 Å². The van der Waals surface area contributed by atoms with E-state index in [0.29, 0.717) is 17.2 Å². The van der Waals surface area contributed by atoms with Gasteiger partial charge in [-0.1, -0.05) is 30.3 Å². The second-order valence-corrected chi connectivity index (χ2v) is 7.88. The predicted molar refractivity (Wildman–Crippen MR) is 125 cm³/mol. The first-order valence-electron chi connectivity index (χ1n) is 9.89. The number of rotatable bonds is 8. The second kappa shape index (κ2) is 10.5. The third kappa shape index (κ3) is 6.26. The first-order chi connectivity index (χ1) is 15.0. The summed E-state index contributed by atoms with van der Waals surface area (Å²) in [6, 6.07) is 17.1.